The van der Waals surface area contributed by atoms with Gasteiger partial charge in [-0.3, -0.25) is 0 Å². The Morgan fingerprint density at radius 2 is 2.25 bits per heavy atom. The van der Waals surface area contributed by atoms with E-state index in [0.29, 0.717) is 0 Å². The lowest BCUT2D eigenvalue weighted by Gasteiger charge is -1.93. The van der Waals surface area contributed by atoms with Crippen LogP contribution in [0.25, 0.3) is 0 Å². The predicted octanol–water partition coefficient (Wildman–Crippen LogP) is 1.48. The molecule has 0 aromatic heterocycles. The summed E-state index contributed by atoms with van der Waals surface area (Å²) in [5, 5.41) is 8.68. The summed E-state index contributed by atoms with van der Waals surface area (Å²) in [6, 6.07) is 0. The topological polar surface area (TPSA) is 20.2 Å². The van der Waals surface area contributed by atoms with Crippen molar-refractivity contribution in [1.82, 2.24) is 0 Å². The van der Waals surface area contributed by atoms with Crippen molar-refractivity contribution in [2.75, 3.05) is 6.61 Å². The third kappa shape index (κ3) is 0.920. The average Bonchev–Trinajstić information content (AvgIpc) is 2.14. The zero-order valence-corrected chi connectivity index (χ0v) is 5.28. The summed E-state index contributed by atoms with van der Waals surface area (Å²) < 4.78 is 0. The molecule has 0 spiro atoms. The van der Waals surface area contributed by atoms with Crippen LogP contribution in [-0.2, 0) is 0 Å². The minimum Gasteiger partial charge on any atom is -0.392 e. The molecule has 1 nitrogen and oxygen atoms in total. The highest BCUT2D eigenvalue weighted by atomic mass is 16.3. The molecule has 0 aromatic rings. The Kier molecular flexibility index (Phi) is 1.69. The summed E-state index contributed by atoms with van der Waals surface area (Å²) >= 11 is 0. The number of hydrogen-bond acceptors (Lipinski definition) is 1. The summed E-state index contributed by atoms with van der Waals surface area (Å²) in [4.78, 5) is 0. The van der Waals surface area contributed by atoms with Crippen LogP contribution in [0.5, 0.6) is 0 Å². The third-order valence-electron chi connectivity index (χ3n) is 1.82. The van der Waals surface area contributed by atoms with E-state index < -0.39 is 0 Å². The van der Waals surface area contributed by atoms with Crippen LogP contribution in [0.4, 0.5) is 0 Å². The van der Waals surface area contributed by atoms with Gasteiger partial charge >= 0.3 is 0 Å². The van der Waals surface area contributed by atoms with Gasteiger partial charge in [0.05, 0.1) is 6.61 Å². The second kappa shape index (κ2) is 2.31. The average molecular weight is 112 g/mol. The molecule has 0 fully saturated rings. The van der Waals surface area contributed by atoms with Gasteiger partial charge in [-0.1, -0.05) is 5.57 Å². The maximum absolute atomic E-state index is 8.68. The zero-order chi connectivity index (χ0) is 5.98. The van der Waals surface area contributed by atoms with E-state index in [2.05, 4.69) is 6.92 Å². The second-order valence-electron chi connectivity index (χ2n) is 2.40. The Labute approximate surface area is 50.0 Å². The normalized spacial score (nSPS) is 20.2. The summed E-state index contributed by atoms with van der Waals surface area (Å²) in [5.74, 6) is 0. The van der Waals surface area contributed by atoms with Crippen LogP contribution in [-0.4, -0.2) is 11.7 Å². The lowest BCUT2D eigenvalue weighted by Crippen LogP contribution is -1.85. The lowest BCUT2D eigenvalue weighted by atomic mass is 10.2. The third-order valence-corrected chi connectivity index (χ3v) is 1.82. The van der Waals surface area contributed by atoms with E-state index >= 15 is 0 Å². The molecule has 1 aliphatic carbocycles. The quantitative estimate of drug-likeness (QED) is 0.509. The maximum atomic E-state index is 8.68. The molecule has 46 valence electrons. The van der Waals surface area contributed by atoms with Crippen molar-refractivity contribution < 1.29 is 5.11 Å². The van der Waals surface area contributed by atoms with Crippen molar-refractivity contribution in [3.63, 3.8) is 0 Å². The fourth-order valence-electron chi connectivity index (χ4n) is 1.17. The van der Waals surface area contributed by atoms with Crippen molar-refractivity contribution in [2.24, 2.45) is 0 Å². The molecule has 0 amide bonds. The second-order valence-corrected chi connectivity index (χ2v) is 2.40. The van der Waals surface area contributed by atoms with Gasteiger partial charge in [0.2, 0.25) is 0 Å². The van der Waals surface area contributed by atoms with Crippen LogP contribution in [0.2, 0.25) is 0 Å². The highest BCUT2D eigenvalue weighted by Gasteiger charge is 2.07. The van der Waals surface area contributed by atoms with Crippen LogP contribution in [0.1, 0.15) is 26.2 Å². The number of rotatable bonds is 1. The van der Waals surface area contributed by atoms with E-state index in [1.165, 1.54) is 24.0 Å². The molecule has 1 rings (SSSR count). The molecule has 8 heavy (non-hydrogen) atoms. The molecule has 0 radical (unpaired) electrons. The van der Waals surface area contributed by atoms with E-state index in [0.717, 1.165) is 6.42 Å². The van der Waals surface area contributed by atoms with E-state index in [4.69, 9.17) is 5.11 Å². The van der Waals surface area contributed by atoms with Crippen LogP contribution in [0.15, 0.2) is 11.1 Å². The first kappa shape index (κ1) is 5.83. The Balaban J connectivity index is 2.58. The fraction of sp³-hybridized carbons (Fsp3) is 0.714. The molecule has 0 bridgehead atoms. The number of aliphatic hydroxyl groups excluding tert-OH is 1. The summed E-state index contributed by atoms with van der Waals surface area (Å²) in [6.07, 6.45) is 3.58. The first-order valence-corrected chi connectivity index (χ1v) is 3.13. The lowest BCUT2D eigenvalue weighted by molar-refractivity contribution is 0.327. The molecular weight excluding hydrogens is 100 g/mol. The zero-order valence-electron chi connectivity index (χ0n) is 5.28. The van der Waals surface area contributed by atoms with Gasteiger partial charge in [-0.15, -0.1) is 0 Å². The molecule has 0 atom stereocenters. The van der Waals surface area contributed by atoms with Crippen LogP contribution < -0.4 is 0 Å². The molecule has 1 aliphatic rings. The molecule has 1 N–H and O–H groups in total. The van der Waals surface area contributed by atoms with Crippen molar-refractivity contribution >= 4 is 0 Å². The smallest absolute Gasteiger partial charge is 0.0644 e. The van der Waals surface area contributed by atoms with Crippen molar-refractivity contribution in [1.29, 1.82) is 0 Å². The summed E-state index contributed by atoms with van der Waals surface area (Å²) in [5.41, 5.74) is 2.68. The highest BCUT2D eigenvalue weighted by molar-refractivity contribution is 5.17. The van der Waals surface area contributed by atoms with E-state index in [9.17, 15) is 0 Å². The number of aliphatic hydroxyl groups is 1. The van der Waals surface area contributed by atoms with Gasteiger partial charge in [0, 0.05) is 0 Å². The van der Waals surface area contributed by atoms with E-state index in [-0.39, 0.29) is 6.61 Å². The van der Waals surface area contributed by atoms with Gasteiger partial charge in [-0.25, -0.2) is 0 Å². The van der Waals surface area contributed by atoms with E-state index in [1.54, 1.807) is 0 Å². The van der Waals surface area contributed by atoms with Crippen molar-refractivity contribution in [2.45, 2.75) is 26.2 Å². The first-order chi connectivity index (χ1) is 3.84. The molecule has 0 unspecified atom stereocenters. The Morgan fingerprint density at radius 1 is 1.50 bits per heavy atom. The predicted molar refractivity (Wildman–Crippen MR) is 33.6 cm³/mol. The Hall–Kier alpha value is -0.300. The van der Waals surface area contributed by atoms with Crippen molar-refractivity contribution in [3.05, 3.63) is 11.1 Å². The minimum absolute atomic E-state index is 0.284. The van der Waals surface area contributed by atoms with Crippen LogP contribution >= 0.6 is 0 Å². The first-order valence-electron chi connectivity index (χ1n) is 3.13. The minimum atomic E-state index is 0.284. The molecule has 1 heteroatoms. The van der Waals surface area contributed by atoms with Gasteiger partial charge < -0.3 is 5.11 Å². The molecule has 0 saturated carbocycles. The van der Waals surface area contributed by atoms with Gasteiger partial charge in [0.15, 0.2) is 0 Å². The highest BCUT2D eigenvalue weighted by Crippen LogP contribution is 2.24. The van der Waals surface area contributed by atoms with Gasteiger partial charge in [0.1, 0.15) is 0 Å². The summed E-state index contributed by atoms with van der Waals surface area (Å²) in [6.45, 7) is 2.39. The van der Waals surface area contributed by atoms with Crippen molar-refractivity contribution in [3.8, 4) is 0 Å². The largest absolute Gasteiger partial charge is 0.392 e. The fourth-order valence-corrected chi connectivity index (χ4v) is 1.17. The molecular formula is C7H12O. The monoisotopic (exact) mass is 112 g/mol. The summed E-state index contributed by atoms with van der Waals surface area (Å²) in [7, 11) is 0. The van der Waals surface area contributed by atoms with Gasteiger partial charge in [0.25, 0.3) is 0 Å². The van der Waals surface area contributed by atoms with Crippen LogP contribution in [0.3, 0.4) is 0 Å². The number of hydrogen-bond donors (Lipinski definition) is 1. The van der Waals surface area contributed by atoms with Crippen LogP contribution in [0, 0.1) is 0 Å². The molecule has 0 saturated heterocycles. The number of allylic oxidation sites excluding steroid dienone is 1. The van der Waals surface area contributed by atoms with Gasteiger partial charge in [-0.2, -0.15) is 0 Å². The van der Waals surface area contributed by atoms with Gasteiger partial charge in [-0.05, 0) is 31.8 Å². The Morgan fingerprint density at radius 3 is 2.50 bits per heavy atom. The molecule has 0 aromatic carbocycles. The standard InChI is InChI=1S/C7H12O/c1-6-3-2-4-7(6)5-8/h8H,2-5H2,1H3. The SMILES string of the molecule is CC1=C(CO)CCC1. The maximum Gasteiger partial charge on any atom is 0.0644 e. The molecule has 0 aliphatic heterocycles. The van der Waals surface area contributed by atoms with E-state index in [1.807, 2.05) is 0 Å². The Bertz CT molecular complexity index is 114. The molecule has 0 heterocycles.